The summed E-state index contributed by atoms with van der Waals surface area (Å²) in [5.41, 5.74) is 0. The average molecular weight is 273 g/mol. The van der Waals surface area contributed by atoms with Crippen LogP contribution in [0.5, 0.6) is 0 Å². The number of hydrogen-bond acceptors (Lipinski definition) is 5. The molecule has 0 fully saturated rings. The molecule has 0 heterocycles. The Kier molecular flexibility index (Phi) is 4.37. The zero-order valence-corrected chi connectivity index (χ0v) is 9.11. The van der Waals surface area contributed by atoms with Crippen LogP contribution < -0.4 is 5.14 Å². The Morgan fingerprint density at radius 1 is 1.31 bits per heavy atom. The van der Waals surface area contributed by atoms with Crippen LogP contribution in [0.15, 0.2) is 0 Å². The fraction of sp³-hybridized carbons (Fsp3) is 1.00. The molecule has 0 amide bonds. The predicted molar refractivity (Wildman–Crippen MR) is 46.9 cm³/mol. The summed E-state index contributed by atoms with van der Waals surface area (Å²) in [6.07, 6.45) is 0. The maximum atomic E-state index is 10.6. The molecule has 0 aromatic carbocycles. The topological polar surface area (TPSA) is 118 Å². The number of nitrogens with zero attached hydrogens (tertiary/aromatic N) is 1. The van der Waals surface area contributed by atoms with Gasteiger partial charge in [0.05, 0.1) is 6.54 Å². The van der Waals surface area contributed by atoms with E-state index in [0.29, 0.717) is 0 Å². The minimum absolute atomic E-state index is 0.239. The van der Waals surface area contributed by atoms with Crippen molar-refractivity contribution in [1.29, 1.82) is 0 Å². The van der Waals surface area contributed by atoms with Gasteiger partial charge >= 0.3 is 0 Å². The van der Waals surface area contributed by atoms with Crippen LogP contribution >= 0.6 is 23.6 Å². The number of hydrogen-bond donors (Lipinski definition) is 2. The van der Waals surface area contributed by atoms with E-state index in [1.54, 1.807) is 0 Å². The average Bonchev–Trinajstić information content (AvgIpc) is 1.77. The second-order valence-electron chi connectivity index (χ2n) is 2.02. The van der Waals surface area contributed by atoms with Gasteiger partial charge in [-0.05, 0) is 23.6 Å². The van der Waals surface area contributed by atoms with E-state index < -0.39 is 31.3 Å². The molecule has 0 spiro atoms. The number of primary sulfonamides is 1. The van der Waals surface area contributed by atoms with E-state index in [9.17, 15) is 16.8 Å². The highest BCUT2D eigenvalue weighted by atomic mass is 35.5. The van der Waals surface area contributed by atoms with Crippen LogP contribution in [-0.2, 0) is 20.1 Å². The lowest BCUT2D eigenvalue weighted by Gasteiger charge is -2.12. The monoisotopic (exact) mass is 272 g/mol. The maximum Gasteiger partial charge on any atom is 0.285 e. The highest BCUT2D eigenvalue weighted by Crippen LogP contribution is 2.10. The smallest absolute Gasteiger partial charge is 0.284 e. The number of halogens is 2. The van der Waals surface area contributed by atoms with Gasteiger partial charge in [0.15, 0.2) is 0 Å². The van der Waals surface area contributed by atoms with Crippen molar-refractivity contribution in [3.8, 4) is 0 Å². The summed E-state index contributed by atoms with van der Waals surface area (Å²) in [4.78, 5) is 0. The first-order chi connectivity index (χ1) is 5.55. The van der Waals surface area contributed by atoms with E-state index in [0.717, 1.165) is 0 Å². The Morgan fingerprint density at radius 3 is 1.77 bits per heavy atom. The lowest BCUT2D eigenvalue weighted by atomic mass is 10.8. The van der Waals surface area contributed by atoms with Gasteiger partial charge in [0.25, 0.3) is 10.1 Å². The molecule has 11 heteroatoms. The first-order valence-electron chi connectivity index (χ1n) is 2.62. The van der Waals surface area contributed by atoms with Crippen LogP contribution in [-0.4, -0.2) is 36.5 Å². The summed E-state index contributed by atoms with van der Waals surface area (Å²) in [5, 5.41) is 4.50. The van der Waals surface area contributed by atoms with Crippen molar-refractivity contribution in [3.05, 3.63) is 0 Å². The van der Waals surface area contributed by atoms with Gasteiger partial charge in [-0.3, -0.25) is 4.55 Å². The summed E-state index contributed by atoms with van der Waals surface area (Å²) in [5.74, 6) is 0. The van der Waals surface area contributed by atoms with Gasteiger partial charge in [-0.1, -0.05) is 0 Å². The Hall–Kier alpha value is 0.360. The van der Waals surface area contributed by atoms with Crippen molar-refractivity contribution in [1.82, 2.24) is 3.94 Å². The first kappa shape index (κ1) is 13.4. The zero-order chi connectivity index (χ0) is 10.9. The Labute approximate surface area is 85.4 Å². The van der Waals surface area contributed by atoms with Gasteiger partial charge in [0.1, 0.15) is 0 Å². The van der Waals surface area contributed by atoms with Gasteiger partial charge in [-0.25, -0.2) is 13.6 Å². The van der Waals surface area contributed by atoms with E-state index >= 15 is 0 Å². The van der Waals surface area contributed by atoms with Crippen LogP contribution in [0, 0.1) is 0 Å². The van der Waals surface area contributed by atoms with Crippen molar-refractivity contribution in [2.24, 2.45) is 5.14 Å². The summed E-state index contributed by atoms with van der Waals surface area (Å²) in [6.45, 7) is -0.846. The molecule has 0 bridgehead atoms. The molecule has 0 rings (SSSR count). The first-order valence-corrected chi connectivity index (χ1v) is 6.41. The normalized spacial score (nSPS) is 16.1. The van der Waals surface area contributed by atoms with Gasteiger partial charge in [-0.15, -0.1) is 3.94 Å². The van der Waals surface area contributed by atoms with Crippen LogP contribution in [0.2, 0.25) is 0 Å². The number of sulfonamides is 1. The quantitative estimate of drug-likeness (QED) is 0.506. The molecule has 13 heavy (non-hydrogen) atoms. The van der Waals surface area contributed by atoms with Crippen LogP contribution in [0.25, 0.3) is 0 Å². The van der Waals surface area contributed by atoms with Gasteiger partial charge in [0.2, 0.25) is 14.6 Å². The van der Waals surface area contributed by atoms with Crippen molar-refractivity contribution in [3.63, 3.8) is 0 Å². The van der Waals surface area contributed by atoms with E-state index in [4.69, 9.17) is 28.1 Å². The molecule has 0 saturated heterocycles. The summed E-state index contributed by atoms with van der Waals surface area (Å²) >= 11 is 9.98. The van der Waals surface area contributed by atoms with Crippen molar-refractivity contribution in [2.75, 3.05) is 6.54 Å². The highest BCUT2D eigenvalue weighted by molar-refractivity contribution is 8.05. The third-order valence-corrected chi connectivity index (χ3v) is 4.49. The van der Waals surface area contributed by atoms with E-state index in [2.05, 4.69) is 5.14 Å². The molecule has 80 valence electrons. The van der Waals surface area contributed by atoms with E-state index in [1.807, 2.05) is 0 Å². The molecule has 1 unspecified atom stereocenters. The molecule has 0 saturated carbocycles. The summed E-state index contributed by atoms with van der Waals surface area (Å²) in [6, 6.07) is 0. The van der Waals surface area contributed by atoms with Crippen molar-refractivity contribution >= 4 is 43.7 Å². The lowest BCUT2D eigenvalue weighted by Crippen LogP contribution is -2.40. The second kappa shape index (κ2) is 4.26. The zero-order valence-electron chi connectivity index (χ0n) is 5.96. The molecule has 0 aliphatic carbocycles. The van der Waals surface area contributed by atoms with Crippen molar-refractivity contribution in [2.45, 2.75) is 4.58 Å². The molecule has 0 aliphatic rings. The molecule has 7 nitrogen and oxygen atoms in total. The molecule has 0 aromatic heterocycles. The Morgan fingerprint density at radius 2 is 1.69 bits per heavy atom. The number of nitrogens with two attached hydrogens (primary N) is 1. The fourth-order valence-corrected chi connectivity index (χ4v) is 3.13. The summed E-state index contributed by atoms with van der Waals surface area (Å²) < 4.78 is 48.6. The second-order valence-corrected chi connectivity index (χ2v) is 6.65. The highest BCUT2D eigenvalue weighted by Gasteiger charge is 2.35. The molecular formula is C2H6Cl2N2O5S2. The van der Waals surface area contributed by atoms with Crippen LogP contribution in [0.1, 0.15) is 0 Å². The molecular weight excluding hydrogens is 267 g/mol. The molecule has 1 atom stereocenters. The van der Waals surface area contributed by atoms with E-state index in [-0.39, 0.29) is 3.94 Å². The SMILES string of the molecule is NS(=O)(=O)C(CN(Cl)Cl)S(=O)(=O)O. The largest absolute Gasteiger partial charge is 0.285 e. The maximum absolute atomic E-state index is 10.6. The Balaban J connectivity index is 5.03. The molecule has 0 aliphatic heterocycles. The van der Waals surface area contributed by atoms with Gasteiger partial charge in [0, 0.05) is 0 Å². The number of rotatable bonds is 4. The lowest BCUT2D eigenvalue weighted by molar-refractivity contribution is 0.471. The fourth-order valence-electron chi connectivity index (χ4n) is 0.480. The van der Waals surface area contributed by atoms with Gasteiger partial charge < -0.3 is 0 Å². The molecule has 0 radical (unpaired) electrons. The summed E-state index contributed by atoms with van der Waals surface area (Å²) in [7, 11) is -9.31. The third-order valence-electron chi connectivity index (χ3n) is 0.986. The van der Waals surface area contributed by atoms with Crippen molar-refractivity contribution < 1.29 is 21.4 Å². The minimum Gasteiger partial charge on any atom is -0.284 e. The third kappa shape index (κ3) is 4.96. The molecule has 3 N–H and O–H groups in total. The molecule has 0 aromatic rings. The van der Waals surface area contributed by atoms with Crippen LogP contribution in [0.3, 0.4) is 0 Å². The Bertz CT molecular complexity index is 328. The van der Waals surface area contributed by atoms with Gasteiger partial charge in [-0.2, -0.15) is 8.42 Å². The van der Waals surface area contributed by atoms with E-state index in [1.165, 1.54) is 0 Å². The van der Waals surface area contributed by atoms with Crippen LogP contribution in [0.4, 0.5) is 0 Å². The minimum atomic E-state index is -4.84. The standard InChI is InChI=1S/C2H6Cl2N2O5S2/c3-6(4)1-2(12(5,7)8)13(9,10)11/h2H,1H2,(H2,5,7,8)(H,9,10,11). The predicted octanol–water partition coefficient (Wildman–Crippen LogP) is -0.902.